The van der Waals surface area contributed by atoms with Crippen LogP contribution in [-0.2, 0) is 0 Å². The number of halogens is 2. The highest BCUT2D eigenvalue weighted by Crippen LogP contribution is 2.54. The molecule has 0 bridgehead atoms. The van der Waals surface area contributed by atoms with Gasteiger partial charge in [-0.1, -0.05) is 279 Å². The fourth-order valence-electron chi connectivity index (χ4n) is 13.7. The van der Waals surface area contributed by atoms with E-state index in [1.165, 1.54) is 0 Å². The summed E-state index contributed by atoms with van der Waals surface area (Å²) in [7, 11) is 0. The zero-order chi connectivity index (χ0) is 61.5. The first-order valence-electron chi connectivity index (χ1n) is 31.2. The average molecular weight is 1180 g/mol. The molecule has 2 nitrogen and oxygen atoms in total. The van der Waals surface area contributed by atoms with Crippen molar-refractivity contribution in [1.82, 2.24) is 0 Å². The van der Waals surface area contributed by atoms with Gasteiger partial charge in [-0.15, -0.1) is 0 Å². The van der Waals surface area contributed by atoms with E-state index in [1.54, 1.807) is 12.1 Å². The van der Waals surface area contributed by atoms with Crippen molar-refractivity contribution >= 4 is 66.4 Å². The number of hydrogen-bond acceptors (Lipinski definition) is 2. The highest BCUT2D eigenvalue weighted by molar-refractivity contribution is 6.28. The third-order valence-electron chi connectivity index (χ3n) is 17.9. The van der Waals surface area contributed by atoms with Crippen LogP contribution >= 0.6 is 0 Å². The van der Waals surface area contributed by atoms with Crippen LogP contribution in [0.1, 0.15) is 0 Å². The lowest BCUT2D eigenvalue weighted by molar-refractivity contribution is 0.629. The molecule has 434 valence electrons. The Bertz CT molecular complexity index is 5010. The molecule has 0 aromatic heterocycles. The molecule has 16 rings (SSSR count). The Labute approximate surface area is 534 Å². The standard InChI is InChI=1S/C88H58F2N2/c89-79-51-49-75(69-35-19-31-65(55-69)59-23-7-1-8-24-59)85(71-37-21-33-67(57-71)61-27-11-3-12-28-61)87(79)91(73-39-15-5-16-40-73)81-53-45-63-44-48-78-82(54-46-64-43-47-77(81)83(63)84(64)78)92(74-41-17-6-18-42-74)88-80(90)52-50-76(70-36-20-32-66(56-70)60-25-9-2-10-26-60)86(88)72-38-22-34-68(58-72)62-29-13-4-14-30-62/h1-58H. The highest BCUT2D eigenvalue weighted by Gasteiger charge is 2.30. The fraction of sp³-hybridized carbons (Fsp3) is 0. The van der Waals surface area contributed by atoms with Gasteiger partial charge in [-0.25, -0.2) is 8.78 Å². The number of rotatable bonds is 14. The van der Waals surface area contributed by atoms with Crippen LogP contribution in [0.5, 0.6) is 0 Å². The lowest BCUT2D eigenvalue weighted by Crippen LogP contribution is -2.15. The highest BCUT2D eigenvalue weighted by atomic mass is 19.1. The quantitative estimate of drug-likeness (QED) is 0.100. The van der Waals surface area contributed by atoms with Crippen molar-refractivity contribution in [1.29, 1.82) is 0 Å². The zero-order valence-corrected chi connectivity index (χ0v) is 50.1. The normalized spacial score (nSPS) is 11.4. The van der Waals surface area contributed by atoms with Crippen LogP contribution < -0.4 is 9.80 Å². The lowest BCUT2D eigenvalue weighted by atomic mass is 9.88. The molecule has 0 aliphatic carbocycles. The van der Waals surface area contributed by atoms with Gasteiger partial charge in [0.1, 0.15) is 11.6 Å². The third kappa shape index (κ3) is 10.1. The summed E-state index contributed by atoms with van der Waals surface area (Å²) in [6.45, 7) is 0. The molecule has 4 heteroatoms. The van der Waals surface area contributed by atoms with Gasteiger partial charge in [-0.3, -0.25) is 0 Å². The Morgan fingerprint density at radius 3 is 0.815 bits per heavy atom. The minimum Gasteiger partial charge on any atom is -0.307 e. The molecule has 0 fully saturated rings. The maximum Gasteiger partial charge on any atom is 0.147 e. The van der Waals surface area contributed by atoms with Gasteiger partial charge in [0.15, 0.2) is 0 Å². The minimum absolute atomic E-state index is 0.371. The summed E-state index contributed by atoms with van der Waals surface area (Å²) >= 11 is 0. The summed E-state index contributed by atoms with van der Waals surface area (Å²) in [4.78, 5) is 4.24. The molecular weight excluding hydrogens is 1120 g/mol. The van der Waals surface area contributed by atoms with E-state index in [0.29, 0.717) is 11.4 Å². The summed E-state index contributed by atoms with van der Waals surface area (Å²) < 4.78 is 36.7. The Hall–Kier alpha value is -12.0. The molecule has 16 aromatic rings. The molecule has 0 heterocycles. The first-order chi connectivity index (χ1) is 45.5. The summed E-state index contributed by atoms with van der Waals surface area (Å²) in [6, 6.07) is 120. The lowest BCUT2D eigenvalue weighted by Gasteiger charge is -2.32. The first kappa shape index (κ1) is 55.3. The SMILES string of the molecule is Fc1ccc(-c2cccc(-c3ccccc3)c2)c(-c2cccc(-c3ccccc3)c2)c1N(c1ccccc1)c1ccc2ccc3c(N(c4ccccc4)c4c(F)ccc(-c5cccc(-c6ccccc6)c5)c4-c4cccc(-c5ccccc5)c4)ccc4ccc1c2c43. The van der Waals surface area contributed by atoms with E-state index in [-0.39, 0.29) is 11.6 Å². The van der Waals surface area contributed by atoms with Gasteiger partial charge in [-0.05, 0) is 172 Å². The second-order valence-electron chi connectivity index (χ2n) is 23.4. The molecule has 0 saturated heterocycles. The summed E-state index contributed by atoms with van der Waals surface area (Å²) in [5, 5.41) is 5.92. The predicted molar refractivity (Wildman–Crippen MR) is 383 cm³/mol. The topological polar surface area (TPSA) is 6.48 Å². The van der Waals surface area contributed by atoms with E-state index in [9.17, 15) is 0 Å². The smallest absolute Gasteiger partial charge is 0.147 e. The van der Waals surface area contributed by atoms with E-state index >= 15 is 8.78 Å². The summed E-state index contributed by atoms with van der Waals surface area (Å²) in [5.41, 5.74) is 19.5. The molecule has 0 aliphatic rings. The van der Waals surface area contributed by atoms with Crippen LogP contribution in [0.2, 0.25) is 0 Å². The largest absolute Gasteiger partial charge is 0.307 e. The molecule has 0 N–H and O–H groups in total. The Morgan fingerprint density at radius 1 is 0.207 bits per heavy atom. The molecule has 0 aliphatic heterocycles. The van der Waals surface area contributed by atoms with Gasteiger partial charge in [0, 0.05) is 33.3 Å². The van der Waals surface area contributed by atoms with E-state index in [2.05, 4.69) is 277 Å². The monoisotopic (exact) mass is 1180 g/mol. The molecule has 0 unspecified atom stereocenters. The van der Waals surface area contributed by atoms with Gasteiger partial charge in [-0.2, -0.15) is 0 Å². The molecule has 0 saturated carbocycles. The van der Waals surface area contributed by atoms with Crippen molar-refractivity contribution in [2.45, 2.75) is 0 Å². The summed E-state index contributed by atoms with van der Waals surface area (Å²) in [6.07, 6.45) is 0. The number of para-hydroxylation sites is 2. The van der Waals surface area contributed by atoms with Gasteiger partial charge < -0.3 is 9.80 Å². The maximum atomic E-state index is 18.3. The molecule has 0 atom stereocenters. The van der Waals surface area contributed by atoms with Crippen molar-refractivity contribution in [3.63, 3.8) is 0 Å². The second-order valence-corrected chi connectivity index (χ2v) is 23.4. The number of benzene rings is 16. The van der Waals surface area contributed by atoms with Crippen LogP contribution in [0.15, 0.2) is 352 Å². The number of anilines is 6. The Balaban J connectivity index is 0.942. The van der Waals surface area contributed by atoms with Crippen molar-refractivity contribution < 1.29 is 8.78 Å². The second kappa shape index (κ2) is 23.8. The van der Waals surface area contributed by atoms with Crippen LogP contribution in [0.4, 0.5) is 42.9 Å². The van der Waals surface area contributed by atoms with Gasteiger partial charge >= 0.3 is 0 Å². The summed E-state index contributed by atoms with van der Waals surface area (Å²) in [5.74, 6) is -0.742. The zero-order valence-electron chi connectivity index (χ0n) is 50.1. The molecule has 0 spiro atoms. The maximum absolute atomic E-state index is 18.3. The van der Waals surface area contributed by atoms with E-state index in [1.807, 2.05) is 72.8 Å². The van der Waals surface area contributed by atoms with Crippen LogP contribution in [0, 0.1) is 11.6 Å². The van der Waals surface area contributed by atoms with E-state index in [0.717, 1.165) is 144 Å². The van der Waals surface area contributed by atoms with Crippen LogP contribution in [-0.4, -0.2) is 0 Å². The molecular formula is C88H58F2N2. The van der Waals surface area contributed by atoms with E-state index in [4.69, 9.17) is 0 Å². The van der Waals surface area contributed by atoms with E-state index < -0.39 is 0 Å². The van der Waals surface area contributed by atoms with Crippen molar-refractivity contribution in [2.24, 2.45) is 0 Å². The van der Waals surface area contributed by atoms with Crippen molar-refractivity contribution in [3.8, 4) is 89.0 Å². The Kier molecular flexibility index (Phi) is 14.3. The first-order valence-corrected chi connectivity index (χ1v) is 31.2. The molecule has 0 amide bonds. The van der Waals surface area contributed by atoms with Gasteiger partial charge in [0.25, 0.3) is 0 Å². The van der Waals surface area contributed by atoms with Gasteiger partial charge in [0.2, 0.25) is 0 Å². The molecule has 0 radical (unpaired) electrons. The van der Waals surface area contributed by atoms with Crippen molar-refractivity contribution in [2.75, 3.05) is 9.80 Å². The predicted octanol–water partition coefficient (Wildman–Crippen LogP) is 25.1. The van der Waals surface area contributed by atoms with Crippen LogP contribution in [0.25, 0.3) is 121 Å². The van der Waals surface area contributed by atoms with Crippen molar-refractivity contribution in [3.05, 3.63) is 363 Å². The number of nitrogens with zero attached hydrogens (tertiary/aromatic N) is 2. The number of hydrogen-bond donors (Lipinski definition) is 0. The van der Waals surface area contributed by atoms with Crippen LogP contribution in [0.3, 0.4) is 0 Å². The third-order valence-corrected chi connectivity index (χ3v) is 17.9. The molecule has 92 heavy (non-hydrogen) atoms. The minimum atomic E-state index is -0.371. The fourth-order valence-corrected chi connectivity index (χ4v) is 13.7. The molecule has 16 aromatic carbocycles. The van der Waals surface area contributed by atoms with Gasteiger partial charge in [0.05, 0.1) is 22.7 Å². The average Bonchev–Trinajstić information content (AvgIpc) is 0.814. The Morgan fingerprint density at radius 2 is 0.478 bits per heavy atom.